The lowest BCUT2D eigenvalue weighted by molar-refractivity contribution is 0.600. The van der Waals surface area contributed by atoms with E-state index in [9.17, 15) is 8.42 Å². The summed E-state index contributed by atoms with van der Waals surface area (Å²) in [6, 6.07) is 7.08. The Balaban J connectivity index is 2.80. The molecule has 0 saturated carbocycles. The molecule has 0 aliphatic carbocycles. The third kappa shape index (κ3) is 5.04. The number of rotatable bonds is 5. The normalized spacial score (nSPS) is 10.9. The van der Waals surface area contributed by atoms with E-state index in [1.165, 1.54) is 17.6 Å². The molecule has 0 amide bonds. The first-order valence-corrected chi connectivity index (χ1v) is 8.19. The standard InChI is InChI=1S/C12H19N3O2S2/c1-4-8-13-12(18)14-10-6-5-7-11(9-10)15(2)19(3,16)17/h5-7,9H,4,8H2,1-3H3,(H2,13,14,18). The van der Waals surface area contributed by atoms with Crippen molar-refractivity contribution < 1.29 is 8.42 Å². The lowest BCUT2D eigenvalue weighted by Gasteiger charge is -2.18. The van der Waals surface area contributed by atoms with Gasteiger partial charge in [0.25, 0.3) is 0 Å². The first kappa shape index (κ1) is 15.7. The van der Waals surface area contributed by atoms with Crippen LogP contribution < -0.4 is 14.9 Å². The Morgan fingerprint density at radius 1 is 1.42 bits per heavy atom. The summed E-state index contributed by atoms with van der Waals surface area (Å²) in [4.78, 5) is 0. The highest BCUT2D eigenvalue weighted by Gasteiger charge is 2.12. The fourth-order valence-electron chi connectivity index (χ4n) is 1.38. The highest BCUT2D eigenvalue weighted by molar-refractivity contribution is 7.92. The lowest BCUT2D eigenvalue weighted by atomic mass is 10.3. The Morgan fingerprint density at radius 2 is 2.11 bits per heavy atom. The van der Waals surface area contributed by atoms with Gasteiger partial charge in [-0.05, 0) is 36.8 Å². The highest BCUT2D eigenvalue weighted by Crippen LogP contribution is 2.20. The van der Waals surface area contributed by atoms with Crippen LogP contribution in [-0.2, 0) is 10.0 Å². The number of anilines is 2. The van der Waals surface area contributed by atoms with Crippen LogP contribution in [-0.4, -0.2) is 33.4 Å². The van der Waals surface area contributed by atoms with Crippen LogP contribution in [0.3, 0.4) is 0 Å². The van der Waals surface area contributed by atoms with Crippen molar-refractivity contribution in [2.24, 2.45) is 0 Å². The van der Waals surface area contributed by atoms with Gasteiger partial charge >= 0.3 is 0 Å². The van der Waals surface area contributed by atoms with E-state index < -0.39 is 10.0 Å². The van der Waals surface area contributed by atoms with Crippen LogP contribution >= 0.6 is 12.2 Å². The predicted octanol–water partition coefficient (Wildman–Crippen LogP) is 1.78. The third-order valence-corrected chi connectivity index (χ3v) is 3.95. The van der Waals surface area contributed by atoms with Crippen molar-refractivity contribution in [2.75, 3.05) is 29.5 Å². The molecule has 0 spiro atoms. The Kier molecular flexibility index (Phi) is 5.56. The molecule has 0 heterocycles. The molecular weight excluding hydrogens is 282 g/mol. The van der Waals surface area contributed by atoms with Crippen LogP contribution in [0.4, 0.5) is 11.4 Å². The number of benzene rings is 1. The fraction of sp³-hybridized carbons (Fsp3) is 0.417. The Hall–Kier alpha value is -1.34. The molecule has 7 heteroatoms. The largest absolute Gasteiger partial charge is 0.362 e. The summed E-state index contributed by atoms with van der Waals surface area (Å²) in [7, 11) is -1.74. The van der Waals surface area contributed by atoms with Gasteiger partial charge in [0.05, 0.1) is 11.9 Å². The summed E-state index contributed by atoms with van der Waals surface area (Å²) in [6.45, 7) is 2.85. The number of hydrogen-bond acceptors (Lipinski definition) is 3. The molecule has 0 unspecified atom stereocenters. The molecule has 5 nitrogen and oxygen atoms in total. The molecule has 0 saturated heterocycles. The van der Waals surface area contributed by atoms with Gasteiger partial charge in [0, 0.05) is 19.3 Å². The SMILES string of the molecule is CCCNC(=S)Nc1cccc(N(C)S(C)(=O)=O)c1. The van der Waals surface area contributed by atoms with Crippen molar-refractivity contribution in [2.45, 2.75) is 13.3 Å². The average molecular weight is 301 g/mol. The molecule has 106 valence electrons. The topological polar surface area (TPSA) is 61.4 Å². The molecule has 0 bridgehead atoms. The zero-order valence-electron chi connectivity index (χ0n) is 11.3. The zero-order valence-corrected chi connectivity index (χ0v) is 12.9. The summed E-state index contributed by atoms with van der Waals surface area (Å²) < 4.78 is 24.2. The molecular formula is C12H19N3O2S2. The summed E-state index contributed by atoms with van der Waals surface area (Å²) in [6.07, 6.45) is 2.15. The van der Waals surface area contributed by atoms with Crippen molar-refractivity contribution in [3.63, 3.8) is 0 Å². The van der Waals surface area contributed by atoms with Gasteiger partial charge in [0.15, 0.2) is 5.11 Å². The number of hydrogen-bond donors (Lipinski definition) is 2. The number of nitrogens with one attached hydrogen (secondary N) is 2. The average Bonchev–Trinajstić information content (AvgIpc) is 2.34. The van der Waals surface area contributed by atoms with Gasteiger partial charge in [-0.2, -0.15) is 0 Å². The number of nitrogens with zero attached hydrogens (tertiary/aromatic N) is 1. The van der Waals surface area contributed by atoms with Crippen LogP contribution in [0.5, 0.6) is 0 Å². The minimum Gasteiger partial charge on any atom is -0.362 e. The van der Waals surface area contributed by atoms with E-state index in [2.05, 4.69) is 17.6 Å². The predicted molar refractivity (Wildman–Crippen MR) is 84.2 cm³/mol. The lowest BCUT2D eigenvalue weighted by Crippen LogP contribution is -2.29. The smallest absolute Gasteiger partial charge is 0.231 e. The molecule has 2 N–H and O–H groups in total. The van der Waals surface area contributed by atoms with E-state index in [1.54, 1.807) is 18.2 Å². The van der Waals surface area contributed by atoms with Crippen molar-refractivity contribution >= 4 is 38.7 Å². The maximum absolute atomic E-state index is 11.5. The van der Waals surface area contributed by atoms with E-state index in [-0.39, 0.29) is 0 Å². The molecule has 19 heavy (non-hydrogen) atoms. The monoisotopic (exact) mass is 301 g/mol. The van der Waals surface area contributed by atoms with E-state index in [4.69, 9.17) is 12.2 Å². The summed E-state index contributed by atoms with van der Waals surface area (Å²) in [5, 5.41) is 6.60. The minimum absolute atomic E-state index is 0.529. The maximum atomic E-state index is 11.5. The van der Waals surface area contributed by atoms with E-state index in [1.807, 2.05) is 6.07 Å². The van der Waals surface area contributed by atoms with Crippen LogP contribution in [0.15, 0.2) is 24.3 Å². The van der Waals surface area contributed by atoms with Crippen molar-refractivity contribution in [1.29, 1.82) is 0 Å². The van der Waals surface area contributed by atoms with E-state index in [0.717, 1.165) is 18.7 Å². The van der Waals surface area contributed by atoms with Crippen molar-refractivity contribution in [3.8, 4) is 0 Å². The first-order chi connectivity index (χ1) is 8.84. The summed E-state index contributed by atoms with van der Waals surface area (Å²) >= 11 is 5.13. The minimum atomic E-state index is -3.26. The molecule has 1 aromatic rings. The second-order valence-corrected chi connectivity index (χ2v) is 6.58. The highest BCUT2D eigenvalue weighted by atomic mass is 32.2. The molecule has 0 atom stereocenters. The van der Waals surface area contributed by atoms with Crippen molar-refractivity contribution in [3.05, 3.63) is 24.3 Å². The molecule has 0 aliphatic rings. The second kappa shape index (κ2) is 6.72. The second-order valence-electron chi connectivity index (χ2n) is 4.16. The Bertz CT molecular complexity index is 544. The summed E-state index contributed by atoms with van der Waals surface area (Å²) in [5.41, 5.74) is 1.34. The van der Waals surface area contributed by atoms with Gasteiger partial charge in [0.1, 0.15) is 0 Å². The number of sulfonamides is 1. The van der Waals surface area contributed by atoms with Crippen LogP contribution in [0.25, 0.3) is 0 Å². The van der Waals surface area contributed by atoms with Crippen molar-refractivity contribution in [1.82, 2.24) is 5.32 Å². The van der Waals surface area contributed by atoms with Gasteiger partial charge < -0.3 is 10.6 Å². The third-order valence-electron chi connectivity index (χ3n) is 2.50. The molecule has 1 aromatic carbocycles. The van der Waals surface area contributed by atoms with Gasteiger partial charge in [0.2, 0.25) is 10.0 Å². The zero-order chi connectivity index (χ0) is 14.5. The van der Waals surface area contributed by atoms with Gasteiger partial charge in [-0.25, -0.2) is 8.42 Å². The molecule has 0 aromatic heterocycles. The Labute approximate surface area is 120 Å². The molecule has 1 rings (SSSR count). The first-order valence-electron chi connectivity index (χ1n) is 5.93. The van der Waals surface area contributed by atoms with Gasteiger partial charge in [-0.15, -0.1) is 0 Å². The van der Waals surface area contributed by atoms with E-state index in [0.29, 0.717) is 10.8 Å². The fourth-order valence-corrected chi connectivity index (χ4v) is 2.10. The molecule has 0 radical (unpaired) electrons. The molecule has 0 fully saturated rings. The number of thiocarbonyl (C=S) groups is 1. The summed E-state index contributed by atoms with van der Waals surface area (Å²) in [5.74, 6) is 0. The van der Waals surface area contributed by atoms with Gasteiger partial charge in [-0.1, -0.05) is 13.0 Å². The Morgan fingerprint density at radius 3 is 2.68 bits per heavy atom. The van der Waals surface area contributed by atoms with Gasteiger partial charge in [-0.3, -0.25) is 4.31 Å². The van der Waals surface area contributed by atoms with Crippen LogP contribution in [0.2, 0.25) is 0 Å². The van der Waals surface area contributed by atoms with Crippen LogP contribution in [0, 0.1) is 0 Å². The van der Waals surface area contributed by atoms with Crippen LogP contribution in [0.1, 0.15) is 13.3 Å². The molecule has 0 aliphatic heterocycles. The van der Waals surface area contributed by atoms with E-state index >= 15 is 0 Å². The maximum Gasteiger partial charge on any atom is 0.231 e. The quantitative estimate of drug-likeness (QED) is 0.812.